The van der Waals surface area contributed by atoms with Crippen molar-refractivity contribution in [2.75, 3.05) is 25.6 Å². The van der Waals surface area contributed by atoms with Crippen molar-refractivity contribution in [3.63, 3.8) is 0 Å². The van der Waals surface area contributed by atoms with Crippen molar-refractivity contribution in [3.8, 4) is 0 Å². The number of ether oxygens (including phenoxy) is 1. The zero-order valence-electron chi connectivity index (χ0n) is 11.3. The van der Waals surface area contributed by atoms with E-state index in [1.54, 1.807) is 7.11 Å². The van der Waals surface area contributed by atoms with E-state index in [0.717, 1.165) is 6.42 Å². The summed E-state index contributed by atoms with van der Waals surface area (Å²) in [5, 5.41) is 14.1. The Morgan fingerprint density at radius 3 is 2.79 bits per heavy atom. The van der Waals surface area contributed by atoms with Crippen LogP contribution in [-0.4, -0.2) is 30.2 Å². The Morgan fingerprint density at radius 2 is 2.21 bits per heavy atom. The largest absolute Gasteiger partial charge is 0.385 e. The predicted octanol–water partition coefficient (Wildman–Crippen LogP) is 3.12. The number of hydrogen-bond donors (Lipinski definition) is 1. The molecule has 0 aliphatic heterocycles. The molecule has 0 aromatic carbocycles. The molecule has 7 heteroatoms. The van der Waals surface area contributed by atoms with Gasteiger partial charge in [-0.25, -0.2) is 4.98 Å². The molecule has 0 bridgehead atoms. The van der Waals surface area contributed by atoms with E-state index in [4.69, 9.17) is 16.3 Å². The van der Waals surface area contributed by atoms with Gasteiger partial charge in [0.1, 0.15) is 5.15 Å². The van der Waals surface area contributed by atoms with Crippen molar-refractivity contribution < 1.29 is 9.66 Å². The van der Waals surface area contributed by atoms with E-state index in [1.807, 2.05) is 0 Å². The molecule has 0 spiro atoms. The third-order valence-electron chi connectivity index (χ3n) is 2.75. The van der Waals surface area contributed by atoms with Gasteiger partial charge in [0.05, 0.1) is 4.92 Å². The van der Waals surface area contributed by atoms with Crippen LogP contribution in [0.15, 0.2) is 12.1 Å². The van der Waals surface area contributed by atoms with Gasteiger partial charge in [-0.3, -0.25) is 10.1 Å². The quantitative estimate of drug-likeness (QED) is 0.473. The fourth-order valence-corrected chi connectivity index (χ4v) is 1.64. The lowest BCUT2D eigenvalue weighted by atomic mass is 9.90. The van der Waals surface area contributed by atoms with E-state index in [9.17, 15) is 10.1 Å². The highest BCUT2D eigenvalue weighted by molar-refractivity contribution is 6.29. The molecule has 1 N–H and O–H groups in total. The van der Waals surface area contributed by atoms with Gasteiger partial charge < -0.3 is 10.1 Å². The molecular weight excluding hydrogens is 270 g/mol. The highest BCUT2D eigenvalue weighted by atomic mass is 35.5. The molecule has 0 saturated carbocycles. The normalized spacial score (nSPS) is 11.4. The second-order valence-corrected chi connectivity index (χ2v) is 5.41. The molecule has 0 aliphatic rings. The van der Waals surface area contributed by atoms with Gasteiger partial charge in [0.2, 0.25) is 5.82 Å². The van der Waals surface area contributed by atoms with Gasteiger partial charge in [0, 0.05) is 26.3 Å². The molecule has 0 atom stereocenters. The summed E-state index contributed by atoms with van der Waals surface area (Å²) in [6, 6.07) is 2.75. The summed E-state index contributed by atoms with van der Waals surface area (Å²) in [5.41, 5.74) is -0.139. The van der Waals surface area contributed by atoms with Crippen molar-refractivity contribution in [1.29, 1.82) is 0 Å². The average molecular weight is 288 g/mol. The number of rotatable bonds is 7. The first-order valence-electron chi connectivity index (χ1n) is 5.89. The summed E-state index contributed by atoms with van der Waals surface area (Å²) < 4.78 is 5.04. The molecule has 0 amide bonds. The summed E-state index contributed by atoms with van der Waals surface area (Å²) in [6.45, 7) is 5.29. The van der Waals surface area contributed by atoms with Crippen molar-refractivity contribution in [1.82, 2.24) is 4.98 Å². The highest BCUT2D eigenvalue weighted by Gasteiger charge is 2.21. The van der Waals surface area contributed by atoms with Crippen LogP contribution in [0.5, 0.6) is 0 Å². The Balaban J connectivity index is 2.76. The van der Waals surface area contributed by atoms with Crippen LogP contribution in [-0.2, 0) is 4.74 Å². The van der Waals surface area contributed by atoms with Crippen LogP contribution in [0.2, 0.25) is 5.15 Å². The Hall–Kier alpha value is -1.40. The number of methoxy groups -OCH3 is 1. The van der Waals surface area contributed by atoms with Gasteiger partial charge in [-0.05, 0) is 17.9 Å². The van der Waals surface area contributed by atoms with Gasteiger partial charge >= 0.3 is 5.69 Å². The number of nitrogens with zero attached hydrogens (tertiary/aromatic N) is 2. The van der Waals surface area contributed by atoms with Crippen molar-refractivity contribution >= 4 is 23.1 Å². The van der Waals surface area contributed by atoms with Crippen LogP contribution in [0, 0.1) is 15.5 Å². The van der Waals surface area contributed by atoms with E-state index >= 15 is 0 Å². The molecule has 0 radical (unpaired) electrons. The number of nitro groups is 1. The van der Waals surface area contributed by atoms with E-state index in [0.29, 0.717) is 13.2 Å². The smallest absolute Gasteiger partial charge is 0.311 e. The Kier molecular flexibility index (Phi) is 5.50. The zero-order valence-corrected chi connectivity index (χ0v) is 12.0. The molecule has 6 nitrogen and oxygen atoms in total. The predicted molar refractivity (Wildman–Crippen MR) is 74.7 cm³/mol. The molecule has 1 heterocycles. The summed E-state index contributed by atoms with van der Waals surface area (Å²) in [7, 11) is 1.65. The molecular formula is C12H18ClN3O3. The second-order valence-electron chi connectivity index (χ2n) is 5.02. The zero-order chi connectivity index (χ0) is 14.5. The van der Waals surface area contributed by atoms with Crippen LogP contribution in [0.25, 0.3) is 0 Å². The molecule has 1 aromatic heterocycles. The number of pyridine rings is 1. The van der Waals surface area contributed by atoms with Gasteiger partial charge in [0.25, 0.3) is 0 Å². The van der Waals surface area contributed by atoms with Gasteiger partial charge in [-0.2, -0.15) is 0 Å². The number of hydrogen-bond acceptors (Lipinski definition) is 5. The first-order valence-corrected chi connectivity index (χ1v) is 6.27. The molecule has 0 fully saturated rings. The fraction of sp³-hybridized carbons (Fsp3) is 0.583. The minimum atomic E-state index is -0.478. The van der Waals surface area contributed by atoms with Crippen LogP contribution in [0.3, 0.4) is 0 Å². The summed E-state index contributed by atoms with van der Waals surface area (Å²) in [5.74, 6) is 0.197. The van der Waals surface area contributed by atoms with Crippen LogP contribution in [0.1, 0.15) is 20.3 Å². The maximum Gasteiger partial charge on any atom is 0.311 e. The Morgan fingerprint density at radius 1 is 1.53 bits per heavy atom. The van der Waals surface area contributed by atoms with Gasteiger partial charge in [-0.15, -0.1) is 0 Å². The minimum Gasteiger partial charge on any atom is -0.385 e. The number of halogens is 1. The van der Waals surface area contributed by atoms with Crippen molar-refractivity contribution in [2.45, 2.75) is 20.3 Å². The lowest BCUT2D eigenvalue weighted by molar-refractivity contribution is -0.384. The average Bonchev–Trinajstić information content (AvgIpc) is 2.34. The molecule has 19 heavy (non-hydrogen) atoms. The Bertz CT molecular complexity index is 452. The van der Waals surface area contributed by atoms with Crippen LogP contribution >= 0.6 is 11.6 Å². The third kappa shape index (κ3) is 5.00. The standard InChI is InChI=1S/C12H18ClN3O3/c1-12(2,6-7-19-3)8-14-11-9(16(17)18)4-5-10(13)15-11/h4-5H,6-8H2,1-3H3,(H,14,15). The monoisotopic (exact) mass is 287 g/mol. The molecule has 0 saturated heterocycles. The minimum absolute atomic E-state index is 0.0616. The van der Waals surface area contributed by atoms with Gasteiger partial charge in [-0.1, -0.05) is 25.4 Å². The summed E-state index contributed by atoms with van der Waals surface area (Å²) in [6.07, 6.45) is 0.838. The maximum absolute atomic E-state index is 10.9. The van der Waals surface area contributed by atoms with Crippen molar-refractivity contribution in [3.05, 3.63) is 27.4 Å². The number of aromatic nitrogens is 1. The van der Waals surface area contributed by atoms with E-state index in [1.165, 1.54) is 12.1 Å². The lowest BCUT2D eigenvalue weighted by Crippen LogP contribution is -2.25. The molecule has 1 aromatic rings. The Labute approximate surface area is 117 Å². The molecule has 0 unspecified atom stereocenters. The summed E-state index contributed by atoms with van der Waals surface area (Å²) in [4.78, 5) is 14.4. The van der Waals surface area contributed by atoms with Crippen LogP contribution in [0.4, 0.5) is 11.5 Å². The maximum atomic E-state index is 10.9. The van der Waals surface area contributed by atoms with E-state index in [2.05, 4.69) is 24.1 Å². The van der Waals surface area contributed by atoms with E-state index in [-0.39, 0.29) is 22.1 Å². The van der Waals surface area contributed by atoms with Crippen LogP contribution < -0.4 is 5.32 Å². The fourth-order valence-electron chi connectivity index (χ4n) is 1.50. The molecule has 106 valence electrons. The topological polar surface area (TPSA) is 77.3 Å². The second kappa shape index (κ2) is 6.68. The SMILES string of the molecule is COCCC(C)(C)CNc1nc(Cl)ccc1[N+](=O)[O-]. The highest BCUT2D eigenvalue weighted by Crippen LogP contribution is 2.26. The third-order valence-corrected chi connectivity index (χ3v) is 2.96. The van der Waals surface area contributed by atoms with Gasteiger partial charge in [0.15, 0.2) is 0 Å². The lowest BCUT2D eigenvalue weighted by Gasteiger charge is -2.24. The molecule has 0 aliphatic carbocycles. The first-order chi connectivity index (χ1) is 8.85. The summed E-state index contributed by atoms with van der Waals surface area (Å²) >= 11 is 5.76. The van der Waals surface area contributed by atoms with E-state index < -0.39 is 4.92 Å². The first kappa shape index (κ1) is 15.7. The molecule has 1 rings (SSSR count). The van der Waals surface area contributed by atoms with Crippen molar-refractivity contribution in [2.24, 2.45) is 5.41 Å². The number of anilines is 1. The number of nitrogens with one attached hydrogen (secondary N) is 1.